The van der Waals surface area contributed by atoms with Gasteiger partial charge in [-0.05, 0) is 35.2 Å². The van der Waals surface area contributed by atoms with E-state index in [-0.39, 0.29) is 0 Å². The lowest BCUT2D eigenvalue weighted by atomic mass is 9.64. The van der Waals surface area contributed by atoms with Crippen LogP contribution in [0.1, 0.15) is 0 Å². The van der Waals surface area contributed by atoms with Gasteiger partial charge >= 0.3 is 14.0 Å². The van der Waals surface area contributed by atoms with Crippen molar-refractivity contribution in [2.24, 2.45) is 0 Å². The number of fused-ring (bicyclic) bond motifs is 1. The summed E-state index contributed by atoms with van der Waals surface area (Å²) in [5, 5.41) is 27.1. The summed E-state index contributed by atoms with van der Waals surface area (Å²) in [6.07, 6.45) is 0. The fraction of sp³-hybridized carbons (Fsp3) is 0.200. The van der Waals surface area contributed by atoms with E-state index in [9.17, 15) is 5.02 Å². The van der Waals surface area contributed by atoms with Gasteiger partial charge in [-0.15, -0.1) is 0 Å². The van der Waals surface area contributed by atoms with Crippen molar-refractivity contribution in [1.82, 2.24) is 0 Å². The first kappa shape index (κ1) is 17.7. The molecule has 0 bridgehead atoms. The Morgan fingerprint density at radius 2 is 1.61 bits per heavy atom. The Morgan fingerprint density at radius 3 is 2.17 bits per heavy atom. The fourth-order valence-electron chi connectivity index (χ4n) is 1.99. The summed E-state index contributed by atoms with van der Waals surface area (Å²) in [5.74, 6) is 1.49. The lowest BCUT2D eigenvalue weighted by Gasteiger charge is -2.18. The summed E-state index contributed by atoms with van der Waals surface area (Å²) in [7, 11) is -1.43. The maximum absolute atomic E-state index is 9.33. The number of ether oxygens (including phenoxy) is 2. The van der Waals surface area contributed by atoms with E-state index in [1.54, 1.807) is 25.0 Å². The van der Waals surface area contributed by atoms with E-state index in [0.29, 0.717) is 23.7 Å². The number of hydrogen-bond acceptors (Lipinski definition) is 5. The van der Waals surface area contributed by atoms with Crippen LogP contribution in [0.4, 0.5) is 0 Å². The van der Waals surface area contributed by atoms with Gasteiger partial charge in [0.05, 0.1) is 0 Å². The summed E-state index contributed by atoms with van der Waals surface area (Å²) in [6, 6.07) is 11.9. The van der Waals surface area contributed by atoms with Crippen molar-refractivity contribution >= 4 is 36.6 Å². The van der Waals surface area contributed by atoms with Crippen LogP contribution in [0.25, 0.3) is 0 Å². The number of halogens is 1. The van der Waals surface area contributed by atoms with Crippen LogP contribution in [-0.2, 0) is 0 Å². The first-order valence-corrected chi connectivity index (χ1v) is 7.54. The van der Waals surface area contributed by atoms with Crippen molar-refractivity contribution in [2.45, 2.75) is 6.82 Å². The molecule has 1 aliphatic rings. The molecule has 0 spiro atoms. The molecule has 0 amide bonds. The van der Waals surface area contributed by atoms with Crippen molar-refractivity contribution in [3.8, 4) is 11.5 Å². The molecule has 0 aromatic heterocycles. The highest BCUT2D eigenvalue weighted by molar-refractivity contribution is 6.64. The van der Waals surface area contributed by atoms with Crippen LogP contribution in [0.15, 0.2) is 42.5 Å². The van der Waals surface area contributed by atoms with Crippen molar-refractivity contribution in [3.05, 3.63) is 47.5 Å². The van der Waals surface area contributed by atoms with Gasteiger partial charge in [-0.3, -0.25) is 0 Å². The molecule has 3 rings (SSSR count). The molecule has 0 saturated heterocycles. The Hall–Kier alpha value is -1.66. The monoisotopic (exact) mass is 334 g/mol. The van der Waals surface area contributed by atoms with E-state index >= 15 is 0 Å². The Balaban J connectivity index is 0.000000174. The van der Waals surface area contributed by atoms with Gasteiger partial charge in [0.1, 0.15) is 13.2 Å². The quantitative estimate of drug-likeness (QED) is 0.689. The summed E-state index contributed by atoms with van der Waals surface area (Å²) >= 11 is 5.57. The molecule has 120 valence electrons. The molecule has 1 heterocycles. The minimum atomic E-state index is -1.43. The molecule has 8 heteroatoms. The maximum Gasteiger partial charge on any atom is 0.488 e. The second kappa shape index (κ2) is 8.26. The second-order valence-electron chi connectivity index (χ2n) is 5.01. The van der Waals surface area contributed by atoms with Crippen LogP contribution in [0.2, 0.25) is 11.8 Å². The predicted molar refractivity (Wildman–Crippen MR) is 92.2 cm³/mol. The van der Waals surface area contributed by atoms with Crippen LogP contribution in [-0.4, -0.2) is 42.3 Å². The molecule has 0 atom stereocenters. The molecule has 2 aromatic rings. The zero-order valence-electron chi connectivity index (χ0n) is 12.6. The topological polar surface area (TPSA) is 79.2 Å². The van der Waals surface area contributed by atoms with Gasteiger partial charge in [-0.1, -0.05) is 36.6 Å². The second-order valence-corrected chi connectivity index (χ2v) is 5.44. The van der Waals surface area contributed by atoms with Crippen molar-refractivity contribution in [3.63, 3.8) is 0 Å². The summed E-state index contributed by atoms with van der Waals surface area (Å²) in [5.41, 5.74) is 1.26. The standard InChI is InChI=1S/C9H11BO3.C6H6BClO2/c1-10(11)7-2-3-8-9(6-7)13-5-4-12-8;8-6-3-1-2-5(4-6)7(9)10/h2-3,6,11H,4-5H2,1H3;1-4,9-10H. The number of rotatable bonds is 2. The van der Waals surface area contributed by atoms with Crippen LogP contribution in [0.3, 0.4) is 0 Å². The average molecular weight is 334 g/mol. The minimum absolute atomic E-state index is 0.410. The zero-order chi connectivity index (χ0) is 16.8. The molecule has 0 radical (unpaired) electrons. The molecule has 5 nitrogen and oxygen atoms in total. The Bertz CT molecular complexity index is 652. The van der Waals surface area contributed by atoms with Gasteiger partial charge < -0.3 is 24.5 Å². The summed E-state index contributed by atoms with van der Waals surface area (Å²) in [6.45, 7) is 2.44. The summed E-state index contributed by atoms with van der Waals surface area (Å²) in [4.78, 5) is 0. The van der Waals surface area contributed by atoms with Crippen LogP contribution < -0.4 is 20.4 Å². The van der Waals surface area contributed by atoms with Crippen LogP contribution >= 0.6 is 11.6 Å². The lowest BCUT2D eigenvalue weighted by molar-refractivity contribution is 0.172. The fourth-order valence-corrected chi connectivity index (χ4v) is 2.19. The first-order valence-electron chi connectivity index (χ1n) is 7.16. The molecule has 0 unspecified atom stereocenters. The lowest BCUT2D eigenvalue weighted by Crippen LogP contribution is -2.29. The first-order chi connectivity index (χ1) is 11.0. The van der Waals surface area contributed by atoms with Gasteiger partial charge in [0, 0.05) is 5.02 Å². The molecule has 1 aliphatic heterocycles. The van der Waals surface area contributed by atoms with E-state index in [1.165, 1.54) is 6.07 Å². The number of benzene rings is 2. The van der Waals surface area contributed by atoms with E-state index in [4.69, 9.17) is 31.1 Å². The molecule has 23 heavy (non-hydrogen) atoms. The third kappa shape index (κ3) is 5.18. The highest BCUT2D eigenvalue weighted by Gasteiger charge is 2.14. The van der Waals surface area contributed by atoms with E-state index < -0.39 is 14.0 Å². The number of hydrogen-bond donors (Lipinski definition) is 3. The molecular weight excluding hydrogens is 317 g/mol. The van der Waals surface area contributed by atoms with Gasteiger partial charge in [0.15, 0.2) is 11.5 Å². The van der Waals surface area contributed by atoms with Crippen molar-refractivity contribution in [1.29, 1.82) is 0 Å². The molecule has 0 fully saturated rings. The highest BCUT2D eigenvalue weighted by Crippen LogP contribution is 2.28. The smallest absolute Gasteiger partial charge is 0.486 e. The molecule has 3 N–H and O–H groups in total. The minimum Gasteiger partial charge on any atom is -0.486 e. The van der Waals surface area contributed by atoms with Gasteiger partial charge in [-0.25, -0.2) is 0 Å². The predicted octanol–water partition coefficient (Wildman–Crippen LogP) is 0.298. The van der Waals surface area contributed by atoms with Crippen molar-refractivity contribution in [2.75, 3.05) is 13.2 Å². The molecule has 0 aliphatic carbocycles. The molecule has 0 saturated carbocycles. The van der Waals surface area contributed by atoms with Gasteiger partial charge in [0.2, 0.25) is 0 Å². The Labute approximate surface area is 140 Å². The molecular formula is C15H17B2ClO5. The van der Waals surface area contributed by atoms with E-state index in [0.717, 1.165) is 17.0 Å². The highest BCUT2D eigenvalue weighted by atomic mass is 35.5. The third-order valence-electron chi connectivity index (χ3n) is 3.20. The Morgan fingerprint density at radius 1 is 0.913 bits per heavy atom. The van der Waals surface area contributed by atoms with Crippen molar-refractivity contribution < 1.29 is 24.5 Å². The average Bonchev–Trinajstić information content (AvgIpc) is 2.55. The SMILES string of the molecule is CB(O)c1ccc2c(c1)OCCO2.OB(O)c1cccc(Cl)c1. The Kier molecular flexibility index (Phi) is 6.36. The summed E-state index contributed by atoms with van der Waals surface area (Å²) < 4.78 is 10.7. The largest absolute Gasteiger partial charge is 0.488 e. The third-order valence-corrected chi connectivity index (χ3v) is 3.43. The zero-order valence-corrected chi connectivity index (χ0v) is 13.4. The van der Waals surface area contributed by atoms with E-state index in [2.05, 4.69) is 0 Å². The van der Waals surface area contributed by atoms with Gasteiger partial charge in [-0.2, -0.15) is 0 Å². The normalized spacial score (nSPS) is 12.0. The van der Waals surface area contributed by atoms with Gasteiger partial charge in [0.25, 0.3) is 0 Å². The van der Waals surface area contributed by atoms with E-state index in [1.807, 2.05) is 18.2 Å². The van der Waals surface area contributed by atoms with Crippen LogP contribution in [0.5, 0.6) is 11.5 Å². The van der Waals surface area contributed by atoms with Crippen LogP contribution in [0, 0.1) is 0 Å². The maximum atomic E-state index is 9.33. The molecule has 2 aromatic carbocycles.